The number of hydrogen-bond donors (Lipinski definition) is 3. The van der Waals surface area contributed by atoms with Gasteiger partial charge in [-0.05, 0) is 67.4 Å². The lowest BCUT2D eigenvalue weighted by molar-refractivity contribution is -0.224. The van der Waals surface area contributed by atoms with Gasteiger partial charge in [-0.25, -0.2) is 4.79 Å². The number of hydrogen-bond acceptors (Lipinski definition) is 6. The standard InChI is InChI=1S/C24H32O6/c1-21-8-5-14(25)11-23(21,28)10-7-16-15(21)6-9-22(2)18(13-3-4-17(26)29-12-13)19(27)20-24(16,22)30-20/h3-4,12,14-16,18-20,25,27-28H,5-11H2,1-2H3/t14-,15+,16-,18+,19-,20-,21-,22-,23+,24-/m1/s1. The van der Waals surface area contributed by atoms with Crippen molar-refractivity contribution >= 4 is 0 Å². The van der Waals surface area contributed by atoms with Gasteiger partial charge in [-0.15, -0.1) is 0 Å². The molecule has 4 aliphatic carbocycles. The molecule has 1 aliphatic heterocycles. The quantitative estimate of drug-likeness (QED) is 0.607. The van der Waals surface area contributed by atoms with E-state index in [1.807, 2.05) is 0 Å². The molecule has 1 aromatic heterocycles. The summed E-state index contributed by atoms with van der Waals surface area (Å²) in [6.45, 7) is 4.46. The van der Waals surface area contributed by atoms with Gasteiger partial charge in [0.15, 0.2) is 0 Å². The van der Waals surface area contributed by atoms with E-state index >= 15 is 0 Å². The number of aliphatic hydroxyl groups excluding tert-OH is 2. The molecule has 6 heteroatoms. The highest BCUT2D eigenvalue weighted by Gasteiger charge is 2.84. The van der Waals surface area contributed by atoms with E-state index in [1.165, 1.54) is 12.3 Å². The van der Waals surface area contributed by atoms with Gasteiger partial charge in [0.2, 0.25) is 0 Å². The van der Waals surface area contributed by atoms with Crippen molar-refractivity contribution in [2.45, 2.75) is 94.2 Å². The van der Waals surface area contributed by atoms with Gasteiger partial charge in [0.1, 0.15) is 11.7 Å². The van der Waals surface area contributed by atoms with Gasteiger partial charge in [0, 0.05) is 23.8 Å². The predicted octanol–water partition coefficient (Wildman–Crippen LogP) is 2.34. The molecule has 1 aromatic rings. The predicted molar refractivity (Wildman–Crippen MR) is 108 cm³/mol. The van der Waals surface area contributed by atoms with E-state index in [9.17, 15) is 20.1 Å². The van der Waals surface area contributed by atoms with Gasteiger partial charge in [0.05, 0.1) is 24.1 Å². The third-order valence-electron chi connectivity index (χ3n) is 10.3. The third kappa shape index (κ3) is 2.07. The van der Waals surface area contributed by atoms with E-state index in [0.717, 1.165) is 37.7 Å². The van der Waals surface area contributed by atoms with Crippen LogP contribution in [-0.4, -0.2) is 44.8 Å². The molecular formula is C24H32O6. The Bertz CT molecular complexity index is 923. The zero-order chi connectivity index (χ0) is 21.1. The minimum Gasteiger partial charge on any atom is -0.431 e. The lowest BCUT2D eigenvalue weighted by Gasteiger charge is -2.63. The van der Waals surface area contributed by atoms with Crippen molar-refractivity contribution in [3.05, 3.63) is 34.4 Å². The lowest BCUT2D eigenvalue weighted by atomic mass is 9.42. The number of ether oxygens (including phenoxy) is 1. The van der Waals surface area contributed by atoms with Crippen LogP contribution in [0.25, 0.3) is 0 Å². The van der Waals surface area contributed by atoms with Crippen LogP contribution in [0.2, 0.25) is 0 Å². The third-order valence-corrected chi connectivity index (χ3v) is 10.3. The van der Waals surface area contributed by atoms with Crippen molar-refractivity contribution in [3.8, 4) is 0 Å². The maximum absolute atomic E-state index is 11.6. The molecule has 4 saturated carbocycles. The topological polar surface area (TPSA) is 103 Å². The molecule has 1 saturated heterocycles. The van der Waals surface area contributed by atoms with Crippen molar-refractivity contribution in [1.29, 1.82) is 0 Å². The number of epoxide rings is 1. The summed E-state index contributed by atoms with van der Waals surface area (Å²) >= 11 is 0. The smallest absolute Gasteiger partial charge is 0.335 e. The molecule has 0 radical (unpaired) electrons. The number of fused-ring (bicyclic) bond motifs is 3. The molecule has 6 rings (SSSR count). The van der Waals surface area contributed by atoms with E-state index in [1.54, 1.807) is 6.07 Å². The molecule has 30 heavy (non-hydrogen) atoms. The normalized spacial score (nSPS) is 56.4. The summed E-state index contributed by atoms with van der Waals surface area (Å²) in [5.41, 5.74) is -1.17. The molecule has 5 aliphatic rings. The summed E-state index contributed by atoms with van der Waals surface area (Å²) < 4.78 is 11.6. The van der Waals surface area contributed by atoms with Crippen molar-refractivity contribution in [2.75, 3.05) is 0 Å². The second-order valence-electron chi connectivity index (χ2n) is 11.2. The Hall–Kier alpha value is -1.21. The molecule has 0 bridgehead atoms. The fourth-order valence-electron chi connectivity index (χ4n) is 8.81. The second kappa shape index (κ2) is 5.77. The molecule has 10 atom stereocenters. The lowest BCUT2D eigenvalue weighted by Crippen LogP contribution is -2.65. The monoisotopic (exact) mass is 416 g/mol. The summed E-state index contributed by atoms with van der Waals surface area (Å²) in [6.07, 6.45) is 5.74. The van der Waals surface area contributed by atoms with E-state index in [4.69, 9.17) is 9.15 Å². The van der Waals surface area contributed by atoms with Crippen molar-refractivity contribution in [2.24, 2.45) is 22.7 Å². The van der Waals surface area contributed by atoms with Crippen LogP contribution in [0.15, 0.2) is 27.6 Å². The van der Waals surface area contributed by atoms with Gasteiger partial charge < -0.3 is 24.5 Å². The highest BCUT2D eigenvalue weighted by Crippen LogP contribution is 2.78. The summed E-state index contributed by atoms with van der Waals surface area (Å²) in [4.78, 5) is 11.5. The van der Waals surface area contributed by atoms with E-state index in [0.29, 0.717) is 18.8 Å². The zero-order valence-electron chi connectivity index (χ0n) is 17.7. The summed E-state index contributed by atoms with van der Waals surface area (Å²) in [6, 6.07) is 3.22. The van der Waals surface area contributed by atoms with Gasteiger partial charge in [0.25, 0.3) is 0 Å². The molecule has 164 valence electrons. The van der Waals surface area contributed by atoms with Crippen LogP contribution < -0.4 is 5.63 Å². The molecule has 0 unspecified atom stereocenters. The highest BCUT2D eigenvalue weighted by molar-refractivity contribution is 5.38. The molecule has 2 heterocycles. The molecule has 6 nitrogen and oxygen atoms in total. The van der Waals surface area contributed by atoms with Crippen LogP contribution in [-0.2, 0) is 4.74 Å². The molecule has 3 N–H and O–H groups in total. The Labute approximate surface area is 176 Å². The minimum atomic E-state index is -0.819. The average molecular weight is 417 g/mol. The first-order valence-corrected chi connectivity index (χ1v) is 11.5. The van der Waals surface area contributed by atoms with E-state index in [-0.39, 0.29) is 40.0 Å². The fraction of sp³-hybridized carbons (Fsp3) is 0.792. The van der Waals surface area contributed by atoms with Crippen LogP contribution in [0.4, 0.5) is 0 Å². The Morgan fingerprint density at radius 1 is 1.00 bits per heavy atom. The summed E-state index contributed by atoms with van der Waals surface area (Å²) in [7, 11) is 0. The Balaban J connectivity index is 1.40. The SMILES string of the molecule is C[C@]12CC[C@@H](O)C[C@@]1(O)CC[C@@H]1[C@@H]2CC[C@]2(C)[C@@H](c3ccc(=O)oc3)[C@@H](O)[C@H]3O[C@]132. The van der Waals surface area contributed by atoms with E-state index < -0.39 is 17.8 Å². The highest BCUT2D eigenvalue weighted by atomic mass is 16.6. The average Bonchev–Trinajstić information content (AvgIpc) is 3.41. The Morgan fingerprint density at radius 3 is 2.47 bits per heavy atom. The largest absolute Gasteiger partial charge is 0.431 e. The van der Waals surface area contributed by atoms with Gasteiger partial charge in [-0.2, -0.15) is 0 Å². The van der Waals surface area contributed by atoms with Crippen LogP contribution in [0, 0.1) is 22.7 Å². The summed E-state index contributed by atoms with van der Waals surface area (Å²) in [5, 5.41) is 33.1. The van der Waals surface area contributed by atoms with E-state index in [2.05, 4.69) is 13.8 Å². The first-order valence-electron chi connectivity index (χ1n) is 11.5. The van der Waals surface area contributed by atoms with Crippen molar-refractivity contribution < 1.29 is 24.5 Å². The van der Waals surface area contributed by atoms with Crippen molar-refractivity contribution in [1.82, 2.24) is 0 Å². The molecule has 1 spiro atoms. The molecule has 5 fully saturated rings. The van der Waals surface area contributed by atoms with Crippen LogP contribution >= 0.6 is 0 Å². The summed E-state index contributed by atoms with van der Waals surface area (Å²) in [5.74, 6) is 0.488. The Morgan fingerprint density at radius 2 is 1.73 bits per heavy atom. The van der Waals surface area contributed by atoms with Crippen LogP contribution in [0.1, 0.15) is 70.3 Å². The molecular weight excluding hydrogens is 384 g/mol. The minimum absolute atomic E-state index is 0.122. The second-order valence-corrected chi connectivity index (χ2v) is 11.2. The first-order chi connectivity index (χ1) is 14.2. The Kier molecular flexibility index (Phi) is 3.75. The maximum Gasteiger partial charge on any atom is 0.335 e. The van der Waals surface area contributed by atoms with Gasteiger partial charge >= 0.3 is 5.63 Å². The first kappa shape index (κ1) is 19.5. The fourth-order valence-corrected chi connectivity index (χ4v) is 8.81. The molecule has 0 amide bonds. The zero-order valence-corrected chi connectivity index (χ0v) is 17.7. The van der Waals surface area contributed by atoms with Crippen LogP contribution in [0.5, 0.6) is 0 Å². The van der Waals surface area contributed by atoms with Crippen LogP contribution in [0.3, 0.4) is 0 Å². The van der Waals surface area contributed by atoms with Gasteiger partial charge in [-0.3, -0.25) is 0 Å². The number of rotatable bonds is 1. The number of aliphatic hydroxyl groups is 3. The van der Waals surface area contributed by atoms with Crippen molar-refractivity contribution in [3.63, 3.8) is 0 Å². The maximum atomic E-state index is 11.6. The van der Waals surface area contributed by atoms with Gasteiger partial charge in [-0.1, -0.05) is 13.8 Å². The molecule has 0 aromatic carbocycles.